The van der Waals surface area contributed by atoms with Crippen LogP contribution < -0.4 is 4.31 Å². The van der Waals surface area contributed by atoms with E-state index in [1.54, 1.807) is 18.2 Å². The number of hydrogen-bond acceptors (Lipinski definition) is 4. The number of anilines is 1. The summed E-state index contributed by atoms with van der Waals surface area (Å²) >= 11 is 0. The van der Waals surface area contributed by atoms with Crippen molar-refractivity contribution in [1.82, 2.24) is 4.98 Å². The van der Waals surface area contributed by atoms with E-state index >= 15 is 0 Å². The van der Waals surface area contributed by atoms with E-state index in [1.807, 2.05) is 42.5 Å². The number of para-hydroxylation sites is 1. The van der Waals surface area contributed by atoms with E-state index in [1.165, 1.54) is 4.31 Å². The molecule has 0 unspecified atom stereocenters. The van der Waals surface area contributed by atoms with Crippen LogP contribution >= 0.6 is 0 Å². The second kappa shape index (κ2) is 5.79. The molecule has 1 fully saturated rings. The predicted molar refractivity (Wildman–Crippen MR) is 95.1 cm³/mol. The summed E-state index contributed by atoms with van der Waals surface area (Å²) in [6.45, 7) is 0.483. The van der Waals surface area contributed by atoms with Crippen LogP contribution in [0.5, 0.6) is 0 Å². The molecular weight excluding hydrogens is 324 g/mol. The molecule has 4 rings (SSSR count). The maximum Gasteiger partial charge on any atom is 0.235 e. The lowest BCUT2D eigenvalue weighted by Crippen LogP contribution is -2.25. The van der Waals surface area contributed by atoms with Crippen molar-refractivity contribution >= 4 is 39.0 Å². The molecule has 6 heteroatoms. The zero-order chi connectivity index (χ0) is 16.6. The first kappa shape index (κ1) is 15.0. The standard InChI is InChI=1S/C18H16N2O3S/c21-24(22)13-5-12-20(24)16-9-4-8-15-18(16)23-17(19-15)11-10-14-6-2-1-3-7-14/h1-4,6-11H,5,12-13H2. The van der Waals surface area contributed by atoms with Crippen molar-refractivity contribution in [2.75, 3.05) is 16.6 Å². The third-order valence-corrected chi connectivity index (χ3v) is 5.85. The Morgan fingerprint density at radius 1 is 1.04 bits per heavy atom. The van der Waals surface area contributed by atoms with Crippen LogP contribution in [0.25, 0.3) is 23.3 Å². The van der Waals surface area contributed by atoms with Gasteiger partial charge in [0.25, 0.3) is 0 Å². The minimum absolute atomic E-state index is 0.179. The maximum atomic E-state index is 12.2. The first-order valence-electron chi connectivity index (χ1n) is 7.77. The summed E-state index contributed by atoms with van der Waals surface area (Å²) < 4.78 is 31.6. The minimum Gasteiger partial charge on any atom is -0.435 e. The molecule has 3 aromatic rings. The van der Waals surface area contributed by atoms with E-state index in [4.69, 9.17) is 4.42 Å². The third-order valence-electron chi connectivity index (χ3n) is 4.00. The van der Waals surface area contributed by atoms with Gasteiger partial charge in [-0.1, -0.05) is 36.4 Å². The molecule has 24 heavy (non-hydrogen) atoms. The molecule has 0 bridgehead atoms. The Bertz CT molecular complexity index is 1010. The quantitative estimate of drug-likeness (QED) is 0.731. The lowest BCUT2D eigenvalue weighted by molar-refractivity contribution is 0.586. The van der Waals surface area contributed by atoms with Gasteiger partial charge in [-0.15, -0.1) is 0 Å². The van der Waals surface area contributed by atoms with E-state index in [9.17, 15) is 8.42 Å². The highest BCUT2D eigenvalue weighted by Gasteiger charge is 2.30. The van der Waals surface area contributed by atoms with Gasteiger partial charge in [-0.2, -0.15) is 0 Å². The van der Waals surface area contributed by atoms with Gasteiger partial charge in [0.15, 0.2) is 5.58 Å². The van der Waals surface area contributed by atoms with Crippen molar-refractivity contribution in [3.8, 4) is 0 Å². The zero-order valence-corrected chi connectivity index (χ0v) is 13.7. The number of aromatic nitrogens is 1. The summed E-state index contributed by atoms with van der Waals surface area (Å²) in [5, 5.41) is 0. The lowest BCUT2D eigenvalue weighted by atomic mass is 10.2. The van der Waals surface area contributed by atoms with Crippen molar-refractivity contribution in [2.24, 2.45) is 0 Å². The molecule has 1 aliphatic heterocycles. The molecule has 1 aromatic heterocycles. The van der Waals surface area contributed by atoms with Crippen LogP contribution in [0.3, 0.4) is 0 Å². The molecule has 0 aliphatic carbocycles. The van der Waals surface area contributed by atoms with Gasteiger partial charge in [0.1, 0.15) is 5.52 Å². The predicted octanol–water partition coefficient (Wildman–Crippen LogP) is 3.54. The fourth-order valence-electron chi connectivity index (χ4n) is 2.86. The van der Waals surface area contributed by atoms with Gasteiger partial charge in [-0.05, 0) is 30.2 Å². The Labute approximate surface area is 140 Å². The summed E-state index contributed by atoms with van der Waals surface area (Å²) in [5.41, 5.74) is 2.77. The lowest BCUT2D eigenvalue weighted by Gasteiger charge is -2.16. The van der Waals surface area contributed by atoms with Crippen molar-refractivity contribution in [3.05, 3.63) is 60.0 Å². The molecule has 0 spiro atoms. The second-order valence-corrected chi connectivity index (χ2v) is 7.68. The van der Waals surface area contributed by atoms with Gasteiger partial charge in [-0.3, -0.25) is 4.31 Å². The molecule has 0 radical (unpaired) electrons. The topological polar surface area (TPSA) is 63.4 Å². The van der Waals surface area contributed by atoms with Crippen LogP contribution in [-0.2, 0) is 10.0 Å². The van der Waals surface area contributed by atoms with Crippen LogP contribution in [0.2, 0.25) is 0 Å². The van der Waals surface area contributed by atoms with Gasteiger partial charge in [0, 0.05) is 12.6 Å². The summed E-state index contributed by atoms with van der Waals surface area (Å²) in [6, 6.07) is 15.2. The maximum absolute atomic E-state index is 12.2. The van der Waals surface area contributed by atoms with Crippen LogP contribution in [0, 0.1) is 0 Å². The van der Waals surface area contributed by atoms with Crippen molar-refractivity contribution < 1.29 is 12.8 Å². The van der Waals surface area contributed by atoms with Crippen LogP contribution in [0.1, 0.15) is 17.9 Å². The first-order valence-corrected chi connectivity index (χ1v) is 9.37. The Hall–Kier alpha value is -2.60. The van der Waals surface area contributed by atoms with E-state index < -0.39 is 10.0 Å². The molecule has 0 saturated carbocycles. The highest BCUT2D eigenvalue weighted by Crippen LogP contribution is 2.32. The number of oxazole rings is 1. The number of nitrogens with zero attached hydrogens (tertiary/aromatic N) is 2. The molecule has 2 heterocycles. The summed E-state index contributed by atoms with van der Waals surface area (Å²) in [4.78, 5) is 4.43. The van der Waals surface area contributed by atoms with E-state index in [0.717, 1.165) is 5.56 Å². The Kier molecular flexibility index (Phi) is 3.61. The molecule has 5 nitrogen and oxygen atoms in total. The smallest absolute Gasteiger partial charge is 0.235 e. The van der Waals surface area contributed by atoms with Gasteiger partial charge < -0.3 is 4.42 Å². The summed E-state index contributed by atoms with van der Waals surface area (Å²) in [7, 11) is -3.25. The van der Waals surface area contributed by atoms with E-state index in [0.29, 0.717) is 35.6 Å². The average Bonchev–Trinajstić information content (AvgIpc) is 3.16. The molecule has 0 N–H and O–H groups in total. The molecule has 0 amide bonds. The highest BCUT2D eigenvalue weighted by molar-refractivity contribution is 7.93. The SMILES string of the molecule is O=S1(=O)CCCN1c1cccc2nc(C=Cc3ccccc3)oc12. The van der Waals surface area contributed by atoms with Gasteiger partial charge in [0.2, 0.25) is 15.9 Å². The molecule has 2 aromatic carbocycles. The number of rotatable bonds is 3. The molecule has 1 saturated heterocycles. The fourth-order valence-corrected chi connectivity index (χ4v) is 4.43. The molecule has 0 atom stereocenters. The number of hydrogen-bond donors (Lipinski definition) is 0. The Balaban J connectivity index is 1.74. The number of sulfonamides is 1. The van der Waals surface area contributed by atoms with Gasteiger partial charge in [-0.25, -0.2) is 13.4 Å². The molecular formula is C18H16N2O3S. The first-order chi connectivity index (χ1) is 11.6. The Morgan fingerprint density at radius 3 is 2.62 bits per heavy atom. The van der Waals surface area contributed by atoms with Crippen molar-refractivity contribution in [1.29, 1.82) is 0 Å². The monoisotopic (exact) mass is 340 g/mol. The minimum atomic E-state index is -3.25. The normalized spacial score (nSPS) is 17.1. The van der Waals surface area contributed by atoms with Crippen molar-refractivity contribution in [2.45, 2.75) is 6.42 Å². The fraction of sp³-hybridized carbons (Fsp3) is 0.167. The summed E-state index contributed by atoms with van der Waals surface area (Å²) in [5.74, 6) is 0.635. The second-order valence-electron chi connectivity index (χ2n) is 5.66. The number of benzene rings is 2. The van der Waals surface area contributed by atoms with E-state index in [2.05, 4.69) is 4.98 Å². The van der Waals surface area contributed by atoms with E-state index in [-0.39, 0.29) is 5.75 Å². The number of fused-ring (bicyclic) bond motifs is 1. The average molecular weight is 340 g/mol. The zero-order valence-electron chi connectivity index (χ0n) is 12.9. The summed E-state index contributed by atoms with van der Waals surface area (Å²) in [6.07, 6.45) is 4.34. The van der Waals surface area contributed by atoms with Crippen molar-refractivity contribution in [3.63, 3.8) is 0 Å². The van der Waals surface area contributed by atoms with Gasteiger partial charge in [0.05, 0.1) is 11.4 Å². The largest absolute Gasteiger partial charge is 0.435 e. The highest BCUT2D eigenvalue weighted by atomic mass is 32.2. The third kappa shape index (κ3) is 2.69. The van der Waals surface area contributed by atoms with Crippen LogP contribution in [-0.4, -0.2) is 25.7 Å². The molecule has 1 aliphatic rings. The van der Waals surface area contributed by atoms with Gasteiger partial charge >= 0.3 is 0 Å². The molecule has 122 valence electrons. The van der Waals surface area contributed by atoms with Crippen LogP contribution in [0.15, 0.2) is 52.9 Å². The Morgan fingerprint density at radius 2 is 1.88 bits per heavy atom. The van der Waals surface area contributed by atoms with Crippen LogP contribution in [0.4, 0.5) is 5.69 Å².